The van der Waals surface area contributed by atoms with Gasteiger partial charge in [-0.05, 0) is 23.8 Å². The lowest BCUT2D eigenvalue weighted by Crippen LogP contribution is -2.34. The highest BCUT2D eigenvalue weighted by molar-refractivity contribution is 9.10. The number of guanidine groups is 1. The molecular weight excluding hydrogens is 261 g/mol. The summed E-state index contributed by atoms with van der Waals surface area (Å²) in [5, 5.41) is 5.93. The van der Waals surface area contributed by atoms with Crippen LogP contribution in [-0.4, -0.2) is 20.1 Å². The van der Waals surface area contributed by atoms with Crippen molar-refractivity contribution in [1.29, 1.82) is 0 Å². The molecule has 1 aromatic rings. The highest BCUT2D eigenvalue weighted by Crippen LogP contribution is 2.17. The Morgan fingerprint density at radius 3 is 2.87 bits per heavy atom. The van der Waals surface area contributed by atoms with Crippen LogP contribution in [0.5, 0.6) is 0 Å². The van der Waals surface area contributed by atoms with Crippen molar-refractivity contribution in [3.05, 3.63) is 34.1 Å². The van der Waals surface area contributed by atoms with Crippen molar-refractivity contribution < 1.29 is 4.39 Å². The van der Waals surface area contributed by atoms with Gasteiger partial charge in [0.05, 0.1) is 0 Å². The fraction of sp³-hybridized carbons (Fsp3) is 0.300. The molecular formula is C10H13BrFN3. The summed E-state index contributed by atoms with van der Waals surface area (Å²) in [6, 6.07) is 4.59. The van der Waals surface area contributed by atoms with Crippen LogP contribution in [0.4, 0.5) is 4.39 Å². The molecule has 1 rings (SSSR count). The minimum absolute atomic E-state index is 0.241. The van der Waals surface area contributed by atoms with E-state index >= 15 is 0 Å². The number of hydrogen-bond donors (Lipinski definition) is 2. The first-order chi connectivity index (χ1) is 7.17. The fourth-order valence-electron chi connectivity index (χ4n) is 1.14. The molecule has 0 spiro atoms. The predicted molar refractivity (Wildman–Crippen MR) is 63.4 cm³/mol. The van der Waals surface area contributed by atoms with Gasteiger partial charge in [-0.3, -0.25) is 4.99 Å². The van der Waals surface area contributed by atoms with Crippen molar-refractivity contribution in [2.24, 2.45) is 4.99 Å². The Morgan fingerprint density at radius 1 is 1.53 bits per heavy atom. The van der Waals surface area contributed by atoms with Gasteiger partial charge >= 0.3 is 0 Å². The molecule has 0 aliphatic carbocycles. The van der Waals surface area contributed by atoms with E-state index in [0.29, 0.717) is 12.5 Å². The molecule has 0 radical (unpaired) electrons. The van der Waals surface area contributed by atoms with Crippen LogP contribution in [0.15, 0.2) is 27.7 Å². The van der Waals surface area contributed by atoms with Crippen molar-refractivity contribution in [2.45, 2.75) is 6.54 Å². The molecule has 1 aromatic carbocycles. The van der Waals surface area contributed by atoms with E-state index in [9.17, 15) is 4.39 Å². The number of nitrogens with zero attached hydrogens (tertiary/aromatic N) is 1. The van der Waals surface area contributed by atoms with Crippen LogP contribution in [0.3, 0.4) is 0 Å². The third-order valence-corrected chi connectivity index (χ3v) is 2.69. The minimum atomic E-state index is -0.241. The summed E-state index contributed by atoms with van der Waals surface area (Å²) in [6.07, 6.45) is 0. The van der Waals surface area contributed by atoms with E-state index in [1.54, 1.807) is 20.2 Å². The molecule has 3 nitrogen and oxygen atoms in total. The van der Waals surface area contributed by atoms with Gasteiger partial charge < -0.3 is 10.6 Å². The highest BCUT2D eigenvalue weighted by Gasteiger charge is 2.02. The SMILES string of the molecule is CN=C(NC)NCc1cc(F)ccc1Br. The van der Waals surface area contributed by atoms with Gasteiger partial charge in [0.2, 0.25) is 0 Å². The normalized spacial score (nSPS) is 11.3. The Morgan fingerprint density at radius 2 is 2.27 bits per heavy atom. The minimum Gasteiger partial charge on any atom is -0.359 e. The highest BCUT2D eigenvalue weighted by atomic mass is 79.9. The van der Waals surface area contributed by atoms with Gasteiger partial charge in [0.25, 0.3) is 0 Å². The van der Waals surface area contributed by atoms with Crippen molar-refractivity contribution >= 4 is 21.9 Å². The summed E-state index contributed by atoms with van der Waals surface area (Å²) in [6.45, 7) is 0.520. The molecule has 0 unspecified atom stereocenters. The Labute approximate surface area is 96.9 Å². The van der Waals surface area contributed by atoms with Crippen LogP contribution in [0, 0.1) is 5.82 Å². The predicted octanol–water partition coefficient (Wildman–Crippen LogP) is 1.88. The number of benzene rings is 1. The number of hydrogen-bond acceptors (Lipinski definition) is 1. The van der Waals surface area contributed by atoms with E-state index in [1.807, 2.05) is 0 Å². The van der Waals surface area contributed by atoms with E-state index < -0.39 is 0 Å². The smallest absolute Gasteiger partial charge is 0.190 e. The molecule has 0 aromatic heterocycles. The molecule has 5 heteroatoms. The first-order valence-corrected chi connectivity index (χ1v) is 5.29. The maximum atomic E-state index is 12.9. The van der Waals surface area contributed by atoms with Gasteiger partial charge in [0.1, 0.15) is 5.82 Å². The topological polar surface area (TPSA) is 36.4 Å². The summed E-state index contributed by atoms with van der Waals surface area (Å²) >= 11 is 3.36. The molecule has 0 fully saturated rings. The Hall–Kier alpha value is -1.10. The maximum Gasteiger partial charge on any atom is 0.190 e. The summed E-state index contributed by atoms with van der Waals surface area (Å²) in [7, 11) is 3.45. The molecule has 0 aliphatic rings. The Balaban J connectivity index is 2.68. The molecule has 0 saturated carbocycles. The fourth-order valence-corrected chi connectivity index (χ4v) is 1.52. The quantitative estimate of drug-likeness (QED) is 0.638. The van der Waals surface area contributed by atoms with E-state index in [-0.39, 0.29) is 5.82 Å². The summed E-state index contributed by atoms with van der Waals surface area (Å²) in [5.41, 5.74) is 0.853. The lowest BCUT2D eigenvalue weighted by atomic mass is 10.2. The van der Waals surface area contributed by atoms with Crippen LogP contribution >= 0.6 is 15.9 Å². The van der Waals surface area contributed by atoms with Crippen LogP contribution in [0.25, 0.3) is 0 Å². The number of nitrogens with one attached hydrogen (secondary N) is 2. The Bertz CT molecular complexity index is 366. The van der Waals surface area contributed by atoms with Crippen molar-refractivity contribution in [3.8, 4) is 0 Å². The molecule has 82 valence electrons. The van der Waals surface area contributed by atoms with Crippen molar-refractivity contribution in [3.63, 3.8) is 0 Å². The van der Waals surface area contributed by atoms with Gasteiger partial charge in [-0.15, -0.1) is 0 Å². The maximum absolute atomic E-state index is 12.9. The lowest BCUT2D eigenvalue weighted by Gasteiger charge is -2.09. The second-order valence-corrected chi connectivity index (χ2v) is 3.77. The van der Waals surface area contributed by atoms with Gasteiger partial charge in [-0.25, -0.2) is 4.39 Å². The van der Waals surface area contributed by atoms with Gasteiger partial charge in [0, 0.05) is 25.1 Å². The van der Waals surface area contributed by atoms with Crippen LogP contribution in [-0.2, 0) is 6.54 Å². The Kier molecular flexibility index (Phi) is 4.55. The number of rotatable bonds is 2. The van der Waals surface area contributed by atoms with Gasteiger partial charge in [-0.2, -0.15) is 0 Å². The lowest BCUT2D eigenvalue weighted by molar-refractivity contribution is 0.624. The zero-order valence-electron chi connectivity index (χ0n) is 8.64. The second-order valence-electron chi connectivity index (χ2n) is 2.91. The second kappa shape index (κ2) is 5.70. The third kappa shape index (κ3) is 3.51. The molecule has 0 amide bonds. The van der Waals surface area contributed by atoms with Crippen LogP contribution in [0.1, 0.15) is 5.56 Å². The summed E-state index contributed by atoms with van der Waals surface area (Å²) < 4.78 is 13.8. The monoisotopic (exact) mass is 273 g/mol. The molecule has 2 N–H and O–H groups in total. The molecule has 15 heavy (non-hydrogen) atoms. The third-order valence-electron chi connectivity index (χ3n) is 1.91. The molecule has 0 atom stereocenters. The summed E-state index contributed by atoms with van der Waals surface area (Å²) in [4.78, 5) is 3.96. The molecule has 0 heterocycles. The van der Waals surface area contributed by atoms with E-state index in [4.69, 9.17) is 0 Å². The van der Waals surface area contributed by atoms with Crippen molar-refractivity contribution in [2.75, 3.05) is 14.1 Å². The average molecular weight is 274 g/mol. The van der Waals surface area contributed by atoms with E-state index in [2.05, 4.69) is 31.6 Å². The largest absolute Gasteiger partial charge is 0.359 e. The van der Waals surface area contributed by atoms with Gasteiger partial charge in [-0.1, -0.05) is 15.9 Å². The van der Waals surface area contributed by atoms with Crippen molar-refractivity contribution in [1.82, 2.24) is 10.6 Å². The zero-order valence-corrected chi connectivity index (χ0v) is 10.2. The van der Waals surface area contributed by atoms with E-state index in [1.165, 1.54) is 12.1 Å². The summed E-state index contributed by atoms with van der Waals surface area (Å²) in [5.74, 6) is 0.431. The number of halogens is 2. The van der Waals surface area contributed by atoms with E-state index in [0.717, 1.165) is 10.0 Å². The first-order valence-electron chi connectivity index (χ1n) is 4.49. The van der Waals surface area contributed by atoms with Crippen LogP contribution < -0.4 is 10.6 Å². The zero-order chi connectivity index (χ0) is 11.3. The molecule has 0 saturated heterocycles. The number of aliphatic imine (C=N–C) groups is 1. The van der Waals surface area contributed by atoms with Gasteiger partial charge in [0.15, 0.2) is 5.96 Å². The first kappa shape index (κ1) is 12.0. The molecule has 0 aliphatic heterocycles. The van der Waals surface area contributed by atoms with Crippen LogP contribution in [0.2, 0.25) is 0 Å². The average Bonchev–Trinajstić information content (AvgIpc) is 2.24. The molecule has 0 bridgehead atoms. The standard InChI is InChI=1S/C10H13BrFN3/c1-13-10(14-2)15-6-7-5-8(12)3-4-9(7)11/h3-5H,6H2,1-2H3,(H2,13,14,15).